The fraction of sp³-hybridized carbons (Fsp3) is 0.571. The normalized spacial score (nSPS) is 15.9. The lowest BCUT2D eigenvalue weighted by Crippen LogP contribution is -2.13. The van der Waals surface area contributed by atoms with Crippen LogP contribution in [0.25, 0.3) is 0 Å². The van der Waals surface area contributed by atoms with Gasteiger partial charge in [-0.1, -0.05) is 47.3 Å². The lowest BCUT2D eigenvalue weighted by atomic mass is 9.83. The standard InChI is InChI=1S/C14H20BrNO/c15-14-8-12(9-16)4-5-13(14)10-17-7-6-11-2-1-3-11/h4-5,8,11H,1-3,6-7,9-10,16H2. The highest BCUT2D eigenvalue weighted by Crippen LogP contribution is 2.29. The molecule has 1 aliphatic rings. The molecular weight excluding hydrogens is 278 g/mol. The number of rotatable bonds is 6. The molecule has 1 saturated carbocycles. The first kappa shape index (κ1) is 13.1. The Kier molecular flexibility index (Phi) is 5.01. The smallest absolute Gasteiger partial charge is 0.0727 e. The molecule has 0 saturated heterocycles. The highest BCUT2D eigenvalue weighted by Gasteiger charge is 2.16. The summed E-state index contributed by atoms with van der Waals surface area (Å²) < 4.78 is 6.82. The van der Waals surface area contributed by atoms with Gasteiger partial charge in [0.1, 0.15) is 0 Å². The van der Waals surface area contributed by atoms with Crippen molar-refractivity contribution in [2.45, 2.75) is 38.8 Å². The van der Waals surface area contributed by atoms with Crippen LogP contribution in [-0.4, -0.2) is 6.61 Å². The largest absolute Gasteiger partial charge is 0.377 e. The van der Waals surface area contributed by atoms with Crippen molar-refractivity contribution in [1.82, 2.24) is 0 Å². The number of benzene rings is 1. The summed E-state index contributed by atoms with van der Waals surface area (Å²) in [6.45, 7) is 2.16. The summed E-state index contributed by atoms with van der Waals surface area (Å²) in [5, 5.41) is 0. The summed E-state index contributed by atoms with van der Waals surface area (Å²) in [6, 6.07) is 6.23. The first-order valence-corrected chi connectivity index (χ1v) is 7.14. The molecule has 1 aromatic carbocycles. The van der Waals surface area contributed by atoms with E-state index >= 15 is 0 Å². The van der Waals surface area contributed by atoms with E-state index in [9.17, 15) is 0 Å². The van der Waals surface area contributed by atoms with Crippen LogP contribution in [0.3, 0.4) is 0 Å². The Morgan fingerprint density at radius 3 is 2.76 bits per heavy atom. The minimum Gasteiger partial charge on any atom is -0.377 e. The molecular formula is C14H20BrNO. The third kappa shape index (κ3) is 3.80. The van der Waals surface area contributed by atoms with E-state index < -0.39 is 0 Å². The van der Waals surface area contributed by atoms with Gasteiger partial charge in [0.2, 0.25) is 0 Å². The van der Waals surface area contributed by atoms with Gasteiger partial charge in [0.25, 0.3) is 0 Å². The zero-order valence-corrected chi connectivity index (χ0v) is 11.7. The van der Waals surface area contributed by atoms with Crippen molar-refractivity contribution < 1.29 is 4.74 Å². The summed E-state index contributed by atoms with van der Waals surface area (Å²) in [4.78, 5) is 0. The van der Waals surface area contributed by atoms with Crippen molar-refractivity contribution in [2.24, 2.45) is 11.7 Å². The van der Waals surface area contributed by atoms with Crippen LogP contribution in [0.15, 0.2) is 22.7 Å². The van der Waals surface area contributed by atoms with E-state index in [0.29, 0.717) is 13.2 Å². The molecule has 0 unspecified atom stereocenters. The highest BCUT2D eigenvalue weighted by molar-refractivity contribution is 9.10. The summed E-state index contributed by atoms with van der Waals surface area (Å²) >= 11 is 3.56. The molecule has 0 spiro atoms. The maximum atomic E-state index is 5.72. The number of nitrogens with two attached hydrogens (primary N) is 1. The molecule has 1 aromatic rings. The van der Waals surface area contributed by atoms with Gasteiger partial charge in [-0.05, 0) is 29.5 Å². The average molecular weight is 298 g/mol. The van der Waals surface area contributed by atoms with Gasteiger partial charge in [-0.3, -0.25) is 0 Å². The zero-order chi connectivity index (χ0) is 12.1. The van der Waals surface area contributed by atoms with Crippen molar-refractivity contribution in [3.63, 3.8) is 0 Å². The molecule has 0 bridgehead atoms. The number of ether oxygens (including phenoxy) is 1. The molecule has 2 nitrogen and oxygen atoms in total. The van der Waals surface area contributed by atoms with Gasteiger partial charge in [-0.2, -0.15) is 0 Å². The van der Waals surface area contributed by atoms with Crippen molar-refractivity contribution in [2.75, 3.05) is 6.61 Å². The summed E-state index contributed by atoms with van der Waals surface area (Å²) in [6.07, 6.45) is 5.44. The molecule has 94 valence electrons. The molecule has 0 amide bonds. The van der Waals surface area contributed by atoms with E-state index in [1.807, 2.05) is 0 Å². The molecule has 2 rings (SSSR count). The molecule has 17 heavy (non-hydrogen) atoms. The Hall–Kier alpha value is -0.380. The second kappa shape index (κ2) is 6.53. The quantitative estimate of drug-likeness (QED) is 0.814. The van der Waals surface area contributed by atoms with Gasteiger partial charge in [0, 0.05) is 17.6 Å². The average Bonchev–Trinajstić information content (AvgIpc) is 2.28. The molecule has 0 atom stereocenters. The van der Waals surface area contributed by atoms with Crippen LogP contribution in [0.1, 0.15) is 36.8 Å². The van der Waals surface area contributed by atoms with Gasteiger partial charge in [-0.25, -0.2) is 0 Å². The van der Waals surface area contributed by atoms with Crippen LogP contribution < -0.4 is 5.73 Å². The van der Waals surface area contributed by atoms with Crippen molar-refractivity contribution in [3.8, 4) is 0 Å². The highest BCUT2D eigenvalue weighted by atomic mass is 79.9. The topological polar surface area (TPSA) is 35.2 Å². The minimum atomic E-state index is 0.585. The molecule has 0 heterocycles. The monoisotopic (exact) mass is 297 g/mol. The molecule has 0 aromatic heterocycles. The summed E-state index contributed by atoms with van der Waals surface area (Å²) in [5.74, 6) is 0.929. The van der Waals surface area contributed by atoms with E-state index in [2.05, 4.69) is 34.1 Å². The van der Waals surface area contributed by atoms with Crippen LogP contribution in [0.2, 0.25) is 0 Å². The van der Waals surface area contributed by atoms with Gasteiger partial charge >= 0.3 is 0 Å². The van der Waals surface area contributed by atoms with Crippen LogP contribution in [0, 0.1) is 5.92 Å². The van der Waals surface area contributed by atoms with Crippen LogP contribution in [-0.2, 0) is 17.9 Å². The van der Waals surface area contributed by atoms with Crippen LogP contribution in [0.5, 0.6) is 0 Å². The van der Waals surface area contributed by atoms with Crippen molar-refractivity contribution >= 4 is 15.9 Å². The molecule has 3 heteroatoms. The van der Waals surface area contributed by atoms with Crippen molar-refractivity contribution in [1.29, 1.82) is 0 Å². The van der Waals surface area contributed by atoms with Gasteiger partial charge in [0.05, 0.1) is 6.61 Å². The van der Waals surface area contributed by atoms with E-state index in [1.165, 1.54) is 31.2 Å². The molecule has 0 radical (unpaired) electrons. The first-order chi connectivity index (χ1) is 8.29. The SMILES string of the molecule is NCc1ccc(COCCC2CCC2)c(Br)c1. The Labute approximate surface area is 112 Å². The number of hydrogen-bond donors (Lipinski definition) is 1. The third-order valence-electron chi connectivity index (χ3n) is 3.51. The zero-order valence-electron chi connectivity index (χ0n) is 10.1. The summed E-state index contributed by atoms with van der Waals surface area (Å²) in [5.41, 5.74) is 7.95. The Bertz CT molecular complexity index is 363. The molecule has 1 aliphatic carbocycles. The van der Waals surface area contributed by atoms with Crippen molar-refractivity contribution in [3.05, 3.63) is 33.8 Å². The molecule has 2 N–H and O–H groups in total. The van der Waals surface area contributed by atoms with E-state index in [4.69, 9.17) is 10.5 Å². The second-order valence-corrected chi connectivity index (χ2v) is 5.62. The molecule has 0 aliphatic heterocycles. The fourth-order valence-corrected chi connectivity index (χ4v) is 2.59. The Morgan fingerprint density at radius 2 is 2.18 bits per heavy atom. The lowest BCUT2D eigenvalue weighted by Gasteiger charge is -2.24. The van der Waals surface area contributed by atoms with E-state index in [-0.39, 0.29) is 0 Å². The molecule has 1 fully saturated rings. The van der Waals surface area contributed by atoms with Gasteiger partial charge in [0.15, 0.2) is 0 Å². The van der Waals surface area contributed by atoms with E-state index in [1.54, 1.807) is 0 Å². The summed E-state index contributed by atoms with van der Waals surface area (Å²) in [7, 11) is 0. The van der Waals surface area contributed by atoms with Crippen LogP contribution in [0.4, 0.5) is 0 Å². The third-order valence-corrected chi connectivity index (χ3v) is 4.24. The maximum Gasteiger partial charge on any atom is 0.0727 e. The maximum absolute atomic E-state index is 5.72. The predicted octanol–water partition coefficient (Wildman–Crippen LogP) is 3.61. The predicted molar refractivity (Wildman–Crippen MR) is 73.6 cm³/mol. The van der Waals surface area contributed by atoms with Gasteiger partial charge < -0.3 is 10.5 Å². The lowest BCUT2D eigenvalue weighted by molar-refractivity contribution is 0.0946. The first-order valence-electron chi connectivity index (χ1n) is 6.34. The Balaban J connectivity index is 1.73. The van der Waals surface area contributed by atoms with Crippen LogP contribution >= 0.6 is 15.9 Å². The van der Waals surface area contributed by atoms with E-state index in [0.717, 1.165) is 22.6 Å². The Morgan fingerprint density at radius 1 is 1.35 bits per heavy atom. The fourth-order valence-electron chi connectivity index (χ4n) is 2.05. The number of halogens is 1. The minimum absolute atomic E-state index is 0.585. The second-order valence-electron chi connectivity index (χ2n) is 4.77. The number of hydrogen-bond acceptors (Lipinski definition) is 2. The van der Waals surface area contributed by atoms with Gasteiger partial charge in [-0.15, -0.1) is 0 Å².